The Bertz CT molecular complexity index is 349. The zero-order valence-electron chi connectivity index (χ0n) is 8.44. The minimum absolute atomic E-state index is 0. The van der Waals surface area contributed by atoms with E-state index in [0.717, 1.165) is 5.71 Å². The van der Waals surface area contributed by atoms with Crippen molar-refractivity contribution in [1.82, 2.24) is 5.43 Å². The number of carbonyl (C=O) groups is 1. The summed E-state index contributed by atoms with van der Waals surface area (Å²) >= 11 is 0. The maximum absolute atomic E-state index is 10.4. The van der Waals surface area contributed by atoms with Crippen LogP contribution >= 0.6 is 0 Å². The van der Waals surface area contributed by atoms with Crippen LogP contribution in [0, 0.1) is 0 Å². The van der Waals surface area contributed by atoms with E-state index >= 15 is 0 Å². The van der Waals surface area contributed by atoms with Crippen LogP contribution < -0.4 is 35.1 Å². The third-order valence-electron chi connectivity index (χ3n) is 2.00. The first-order valence-electron chi connectivity index (χ1n) is 4.08. The highest BCUT2D eigenvalue weighted by Gasteiger charge is 2.24. The second-order valence-corrected chi connectivity index (χ2v) is 2.98. The zero-order valence-corrected chi connectivity index (χ0v) is 10.6. The summed E-state index contributed by atoms with van der Waals surface area (Å²) in [6.45, 7) is 1.77. The number of nitrogens with zero attached hydrogens (tertiary/aromatic N) is 2. The predicted molar refractivity (Wildman–Crippen MR) is 52.2 cm³/mol. The van der Waals surface area contributed by atoms with Gasteiger partial charge in [-0.25, -0.2) is 14.8 Å². The van der Waals surface area contributed by atoms with Crippen LogP contribution in [0.25, 0.3) is 0 Å². The largest absolute Gasteiger partial charge is 1.00 e. The van der Waals surface area contributed by atoms with E-state index in [0.29, 0.717) is 5.71 Å². The predicted octanol–water partition coefficient (Wildman–Crippen LogP) is -3.99. The topological polar surface area (TPSA) is 90.7 Å². The number of amides is 2. The molecule has 1 aliphatic heterocycles. The molecule has 0 saturated carbocycles. The van der Waals surface area contributed by atoms with Gasteiger partial charge in [-0.2, -0.15) is 5.10 Å². The number of primary amides is 1. The van der Waals surface area contributed by atoms with Crippen LogP contribution in [-0.4, -0.2) is 40.3 Å². The molecule has 0 radical (unpaired) electrons. The van der Waals surface area contributed by atoms with E-state index in [2.05, 4.69) is 10.5 Å². The fourth-order valence-electron chi connectivity index (χ4n) is 1.02. The third kappa shape index (κ3) is 3.59. The van der Waals surface area contributed by atoms with Crippen LogP contribution in [0.4, 0.5) is 4.79 Å². The van der Waals surface area contributed by atoms with E-state index in [1.165, 1.54) is 0 Å². The smallest absolute Gasteiger partial charge is 0.332 e. The van der Waals surface area contributed by atoms with E-state index in [1.54, 1.807) is 23.8 Å². The Hall–Kier alpha value is -0.960. The first kappa shape index (κ1) is 14.0. The Morgan fingerprint density at radius 3 is 2.87 bits per heavy atom. The molecular weight excluding hydrogens is 311 g/mol. The molecule has 1 atom stereocenters. The van der Waals surface area contributed by atoms with Gasteiger partial charge in [-0.1, -0.05) is 0 Å². The minimum Gasteiger partial charge on any atom is -1.00 e. The Morgan fingerprint density at radius 1 is 1.73 bits per heavy atom. The number of nitrogens with two attached hydrogens (primary N) is 1. The average Bonchev–Trinajstić information content (AvgIpc) is 2.13. The summed E-state index contributed by atoms with van der Waals surface area (Å²) < 4.78 is 1.77. The molecule has 6 nitrogen and oxygen atoms in total. The van der Waals surface area contributed by atoms with Crippen molar-refractivity contribution in [3.05, 3.63) is 12.3 Å². The fraction of sp³-hybridized carbons (Fsp3) is 0.375. The molecule has 1 aliphatic rings. The van der Waals surface area contributed by atoms with Gasteiger partial charge < -0.3 is 34.8 Å². The van der Waals surface area contributed by atoms with Gasteiger partial charge in [0.15, 0.2) is 18.0 Å². The fourth-order valence-corrected chi connectivity index (χ4v) is 1.02. The SMILES string of the molecule is CC1=[N+](C)C=CC(=NNC(N)=O)C1O.[I-]. The van der Waals surface area contributed by atoms with Crippen molar-refractivity contribution in [2.45, 2.75) is 13.0 Å². The maximum Gasteiger partial charge on any atom is 0.332 e. The summed E-state index contributed by atoms with van der Waals surface area (Å²) in [6.07, 6.45) is 2.54. The first-order valence-corrected chi connectivity index (χ1v) is 4.08. The maximum atomic E-state index is 10.4. The summed E-state index contributed by atoms with van der Waals surface area (Å²) in [5, 5.41) is 13.3. The third-order valence-corrected chi connectivity index (χ3v) is 2.00. The molecule has 0 saturated heterocycles. The summed E-state index contributed by atoms with van der Waals surface area (Å²) in [5.41, 5.74) is 8.00. The lowest BCUT2D eigenvalue weighted by atomic mass is 10.1. The van der Waals surface area contributed by atoms with Crippen LogP contribution in [0.1, 0.15) is 6.92 Å². The molecule has 0 bridgehead atoms. The van der Waals surface area contributed by atoms with Gasteiger partial charge in [0.25, 0.3) is 0 Å². The van der Waals surface area contributed by atoms with E-state index in [-0.39, 0.29) is 24.0 Å². The van der Waals surface area contributed by atoms with Crippen LogP contribution in [0.5, 0.6) is 0 Å². The molecule has 0 aromatic heterocycles. The van der Waals surface area contributed by atoms with Crippen LogP contribution in [0.2, 0.25) is 0 Å². The quantitative estimate of drug-likeness (QED) is 0.261. The number of rotatable bonds is 1. The van der Waals surface area contributed by atoms with Crippen LogP contribution in [-0.2, 0) is 0 Å². The van der Waals surface area contributed by atoms with Gasteiger partial charge in [-0.3, -0.25) is 0 Å². The van der Waals surface area contributed by atoms with Gasteiger partial charge in [-0.15, -0.1) is 0 Å². The summed E-state index contributed by atoms with van der Waals surface area (Å²) in [7, 11) is 1.81. The molecule has 1 rings (SSSR count). The standard InChI is InChI=1S/C8H12N4O2.HI/c1-5-7(13)6(3-4-12(5)2)10-11-8(9)14;/h3-4,7,13H,1-2H3,(H2-,9,11,14);1H. The molecule has 1 unspecified atom stereocenters. The van der Waals surface area contributed by atoms with Gasteiger partial charge in [0.1, 0.15) is 12.8 Å². The van der Waals surface area contributed by atoms with Gasteiger partial charge in [-0.05, 0) is 0 Å². The number of halogens is 1. The number of aliphatic hydroxyl groups is 1. The van der Waals surface area contributed by atoms with Gasteiger partial charge in [0.05, 0.1) is 0 Å². The van der Waals surface area contributed by atoms with Crippen molar-refractivity contribution in [3.63, 3.8) is 0 Å². The Labute approximate surface area is 105 Å². The highest BCUT2D eigenvalue weighted by Crippen LogP contribution is 2.00. The molecule has 4 N–H and O–H groups in total. The summed E-state index contributed by atoms with van der Waals surface area (Å²) in [4.78, 5) is 10.4. The van der Waals surface area contributed by atoms with Gasteiger partial charge in [0.2, 0.25) is 0 Å². The number of hydrogen-bond acceptors (Lipinski definition) is 3. The molecule has 15 heavy (non-hydrogen) atoms. The average molecular weight is 324 g/mol. The van der Waals surface area contributed by atoms with Crippen LogP contribution in [0.3, 0.4) is 0 Å². The monoisotopic (exact) mass is 324 g/mol. The Balaban J connectivity index is 0.00000196. The zero-order chi connectivity index (χ0) is 10.7. The van der Waals surface area contributed by atoms with Crippen molar-refractivity contribution in [2.75, 3.05) is 7.05 Å². The highest BCUT2D eigenvalue weighted by molar-refractivity contribution is 6.13. The summed E-state index contributed by atoms with van der Waals surface area (Å²) in [5.74, 6) is 0. The van der Waals surface area contributed by atoms with Crippen molar-refractivity contribution < 1.29 is 38.5 Å². The van der Waals surface area contributed by atoms with E-state index in [4.69, 9.17) is 5.73 Å². The molecule has 7 heteroatoms. The van der Waals surface area contributed by atoms with Crippen molar-refractivity contribution in [3.8, 4) is 0 Å². The second kappa shape index (κ2) is 5.81. The molecule has 84 valence electrons. The number of urea groups is 1. The Morgan fingerprint density at radius 2 is 2.33 bits per heavy atom. The van der Waals surface area contributed by atoms with Gasteiger partial charge in [0, 0.05) is 13.0 Å². The number of nitrogens with one attached hydrogen (secondary N) is 1. The number of carbonyl (C=O) groups excluding carboxylic acids is 1. The number of hydrazone groups is 1. The van der Waals surface area contributed by atoms with Gasteiger partial charge >= 0.3 is 6.03 Å². The number of aliphatic hydroxyl groups excluding tert-OH is 1. The van der Waals surface area contributed by atoms with Crippen molar-refractivity contribution >= 4 is 17.5 Å². The highest BCUT2D eigenvalue weighted by atomic mass is 127. The van der Waals surface area contributed by atoms with E-state index in [9.17, 15) is 9.90 Å². The molecule has 2 amide bonds. The lowest BCUT2D eigenvalue weighted by Gasteiger charge is -2.11. The van der Waals surface area contributed by atoms with E-state index in [1.807, 2.05) is 7.05 Å². The normalized spacial score (nSPS) is 22.6. The molecule has 0 aromatic carbocycles. The second-order valence-electron chi connectivity index (χ2n) is 2.98. The first-order chi connectivity index (χ1) is 6.52. The minimum atomic E-state index is -0.808. The Kier molecular flexibility index (Phi) is 5.44. The molecule has 0 fully saturated rings. The van der Waals surface area contributed by atoms with Crippen LogP contribution in [0.15, 0.2) is 17.4 Å². The molecular formula is C8H13IN4O2. The van der Waals surface area contributed by atoms with Crippen molar-refractivity contribution in [2.24, 2.45) is 10.8 Å². The van der Waals surface area contributed by atoms with Crippen molar-refractivity contribution in [1.29, 1.82) is 0 Å². The lowest BCUT2D eigenvalue weighted by Crippen LogP contribution is -3.00. The number of hydrogen-bond donors (Lipinski definition) is 3. The van der Waals surface area contributed by atoms with E-state index < -0.39 is 12.1 Å². The summed E-state index contributed by atoms with van der Waals surface area (Å²) in [6, 6.07) is -0.755. The molecule has 0 aliphatic carbocycles. The molecule has 0 aromatic rings. The lowest BCUT2D eigenvalue weighted by molar-refractivity contribution is -0.426. The molecule has 1 heterocycles. The molecule has 0 spiro atoms.